The SMILES string of the molecule is C=C(C)[C@H]1CCc2c(O)c(O)c(=O)cc(C)c2C1. The third-order valence-electron chi connectivity index (χ3n) is 3.82. The summed E-state index contributed by atoms with van der Waals surface area (Å²) in [5.41, 5.74) is 3.12. The van der Waals surface area contributed by atoms with Crippen LogP contribution in [0.2, 0.25) is 0 Å². The molecular weight excluding hydrogens is 228 g/mol. The molecule has 0 aromatic heterocycles. The Labute approximate surface area is 106 Å². The number of aromatic hydroxyl groups is 2. The van der Waals surface area contributed by atoms with Gasteiger partial charge in [-0.2, -0.15) is 0 Å². The van der Waals surface area contributed by atoms with Gasteiger partial charge in [-0.3, -0.25) is 4.79 Å². The average molecular weight is 246 g/mol. The molecule has 1 atom stereocenters. The monoisotopic (exact) mass is 246 g/mol. The lowest BCUT2D eigenvalue weighted by Gasteiger charge is -2.25. The largest absolute Gasteiger partial charge is 0.504 e. The Morgan fingerprint density at radius 1 is 1.33 bits per heavy atom. The summed E-state index contributed by atoms with van der Waals surface area (Å²) >= 11 is 0. The van der Waals surface area contributed by atoms with Crippen LogP contribution in [-0.4, -0.2) is 10.2 Å². The van der Waals surface area contributed by atoms with Gasteiger partial charge in [0.1, 0.15) is 0 Å². The van der Waals surface area contributed by atoms with Gasteiger partial charge in [0.25, 0.3) is 0 Å². The molecule has 0 spiro atoms. The molecule has 0 fully saturated rings. The highest BCUT2D eigenvalue weighted by Gasteiger charge is 2.24. The highest BCUT2D eigenvalue weighted by molar-refractivity contribution is 5.51. The van der Waals surface area contributed by atoms with Crippen molar-refractivity contribution in [2.45, 2.75) is 33.1 Å². The van der Waals surface area contributed by atoms with E-state index in [1.54, 1.807) is 0 Å². The fourth-order valence-corrected chi connectivity index (χ4v) is 2.63. The second-order valence-electron chi connectivity index (χ2n) is 5.13. The molecule has 0 saturated carbocycles. The van der Waals surface area contributed by atoms with Gasteiger partial charge >= 0.3 is 0 Å². The van der Waals surface area contributed by atoms with Gasteiger partial charge in [0.05, 0.1) is 0 Å². The summed E-state index contributed by atoms with van der Waals surface area (Å²) in [6.45, 7) is 7.83. The average Bonchev–Trinajstić information content (AvgIpc) is 2.42. The van der Waals surface area contributed by atoms with Crippen LogP contribution in [-0.2, 0) is 12.8 Å². The first-order chi connectivity index (χ1) is 8.41. The molecule has 1 aliphatic rings. The Morgan fingerprint density at radius 2 is 2.00 bits per heavy atom. The van der Waals surface area contributed by atoms with Gasteiger partial charge in [0, 0.05) is 5.56 Å². The molecule has 1 aromatic carbocycles. The third kappa shape index (κ3) is 2.01. The molecule has 96 valence electrons. The van der Waals surface area contributed by atoms with Crippen molar-refractivity contribution in [3.63, 3.8) is 0 Å². The molecule has 0 heterocycles. The molecule has 0 bridgehead atoms. The maximum absolute atomic E-state index is 11.6. The first-order valence-corrected chi connectivity index (χ1v) is 6.14. The van der Waals surface area contributed by atoms with Crippen molar-refractivity contribution in [1.82, 2.24) is 0 Å². The van der Waals surface area contributed by atoms with E-state index in [1.165, 1.54) is 6.07 Å². The summed E-state index contributed by atoms with van der Waals surface area (Å²) in [7, 11) is 0. The molecule has 0 saturated heterocycles. The predicted octanol–water partition coefficient (Wildman–Crippen LogP) is 2.45. The summed E-state index contributed by atoms with van der Waals surface area (Å²) < 4.78 is 0. The normalized spacial score (nSPS) is 18.2. The molecule has 0 amide bonds. The van der Waals surface area contributed by atoms with Crippen molar-refractivity contribution in [2.24, 2.45) is 5.92 Å². The van der Waals surface area contributed by atoms with Gasteiger partial charge in [-0.1, -0.05) is 12.2 Å². The zero-order chi connectivity index (χ0) is 13.4. The van der Waals surface area contributed by atoms with Gasteiger partial charge in [-0.25, -0.2) is 0 Å². The fraction of sp³-hybridized carbons (Fsp3) is 0.400. The lowest BCUT2D eigenvalue weighted by molar-refractivity contribution is 0.392. The molecule has 0 radical (unpaired) electrons. The summed E-state index contributed by atoms with van der Waals surface area (Å²) in [4.78, 5) is 11.6. The van der Waals surface area contributed by atoms with Crippen LogP contribution >= 0.6 is 0 Å². The molecule has 2 N–H and O–H groups in total. The zero-order valence-corrected chi connectivity index (χ0v) is 10.8. The van der Waals surface area contributed by atoms with Crippen molar-refractivity contribution < 1.29 is 10.2 Å². The minimum absolute atomic E-state index is 0.247. The molecule has 1 aliphatic carbocycles. The van der Waals surface area contributed by atoms with Crippen molar-refractivity contribution in [3.8, 4) is 11.5 Å². The van der Waals surface area contributed by atoms with Crippen molar-refractivity contribution in [1.29, 1.82) is 0 Å². The predicted molar refractivity (Wildman–Crippen MR) is 71.1 cm³/mol. The molecule has 18 heavy (non-hydrogen) atoms. The Morgan fingerprint density at radius 3 is 2.61 bits per heavy atom. The lowest BCUT2D eigenvalue weighted by atomic mass is 9.80. The van der Waals surface area contributed by atoms with Gasteiger partial charge in [0.2, 0.25) is 11.2 Å². The fourth-order valence-electron chi connectivity index (χ4n) is 2.63. The summed E-state index contributed by atoms with van der Waals surface area (Å²) in [5, 5.41) is 19.6. The number of fused-ring (bicyclic) bond motifs is 1. The molecule has 3 heteroatoms. The second-order valence-corrected chi connectivity index (χ2v) is 5.13. The van der Waals surface area contributed by atoms with E-state index in [1.807, 2.05) is 13.8 Å². The van der Waals surface area contributed by atoms with E-state index in [4.69, 9.17) is 0 Å². The maximum atomic E-state index is 11.6. The van der Waals surface area contributed by atoms with E-state index in [-0.39, 0.29) is 5.75 Å². The highest BCUT2D eigenvalue weighted by atomic mass is 16.3. The van der Waals surface area contributed by atoms with Crippen LogP contribution in [0.15, 0.2) is 23.0 Å². The third-order valence-corrected chi connectivity index (χ3v) is 3.82. The number of allylic oxidation sites excluding steroid dienone is 1. The Kier molecular flexibility index (Phi) is 3.16. The standard InChI is InChI=1S/C15H18O3/c1-8(2)10-4-5-11-12(7-10)9(3)6-13(16)15(18)14(11)17/h6,10H,1,4-5,7H2,2-3H3,(H2,16,17,18)/t10-/m0/s1. The number of hydrogen-bond donors (Lipinski definition) is 2. The Bertz CT molecular complexity index is 573. The van der Waals surface area contributed by atoms with E-state index < -0.39 is 11.2 Å². The topological polar surface area (TPSA) is 57.5 Å². The van der Waals surface area contributed by atoms with E-state index in [0.29, 0.717) is 17.9 Å². The number of rotatable bonds is 1. The van der Waals surface area contributed by atoms with Crippen molar-refractivity contribution >= 4 is 0 Å². The van der Waals surface area contributed by atoms with E-state index >= 15 is 0 Å². The molecule has 0 aliphatic heterocycles. The van der Waals surface area contributed by atoms with Crippen LogP contribution in [0.1, 0.15) is 30.0 Å². The van der Waals surface area contributed by atoms with Crippen LogP contribution < -0.4 is 5.43 Å². The Hall–Kier alpha value is -1.77. The molecular formula is C15H18O3. The molecule has 3 nitrogen and oxygen atoms in total. The molecule has 1 aromatic rings. The first-order valence-electron chi connectivity index (χ1n) is 6.14. The molecule has 2 rings (SSSR count). The van der Waals surface area contributed by atoms with E-state index in [2.05, 4.69) is 6.58 Å². The van der Waals surface area contributed by atoms with E-state index in [9.17, 15) is 15.0 Å². The van der Waals surface area contributed by atoms with Gasteiger partial charge in [-0.15, -0.1) is 0 Å². The summed E-state index contributed by atoms with van der Waals surface area (Å²) in [6, 6.07) is 1.40. The second kappa shape index (κ2) is 4.48. The Balaban J connectivity index is 2.66. The quantitative estimate of drug-likeness (QED) is 0.748. The van der Waals surface area contributed by atoms with E-state index in [0.717, 1.165) is 29.5 Å². The van der Waals surface area contributed by atoms with Crippen molar-refractivity contribution in [2.75, 3.05) is 0 Å². The highest BCUT2D eigenvalue weighted by Crippen LogP contribution is 2.37. The van der Waals surface area contributed by atoms with Crippen LogP contribution in [0, 0.1) is 12.8 Å². The minimum Gasteiger partial charge on any atom is -0.504 e. The van der Waals surface area contributed by atoms with Crippen LogP contribution in [0.25, 0.3) is 0 Å². The van der Waals surface area contributed by atoms with Gasteiger partial charge < -0.3 is 10.2 Å². The summed E-state index contributed by atoms with van der Waals surface area (Å²) in [5.74, 6) is -0.397. The number of hydrogen-bond acceptors (Lipinski definition) is 3. The van der Waals surface area contributed by atoms with Gasteiger partial charge in [0.15, 0.2) is 5.75 Å². The lowest BCUT2D eigenvalue weighted by Crippen LogP contribution is -2.15. The maximum Gasteiger partial charge on any atom is 0.224 e. The smallest absolute Gasteiger partial charge is 0.224 e. The summed E-state index contributed by atoms with van der Waals surface area (Å²) in [6.07, 6.45) is 2.34. The minimum atomic E-state index is -0.534. The van der Waals surface area contributed by atoms with Crippen LogP contribution in [0.4, 0.5) is 0 Å². The zero-order valence-electron chi connectivity index (χ0n) is 10.8. The van der Waals surface area contributed by atoms with Crippen LogP contribution in [0.3, 0.4) is 0 Å². The molecule has 0 unspecified atom stereocenters. The van der Waals surface area contributed by atoms with Crippen LogP contribution in [0.5, 0.6) is 11.5 Å². The first kappa shape index (κ1) is 12.7. The van der Waals surface area contributed by atoms with Gasteiger partial charge in [-0.05, 0) is 56.2 Å². The number of aryl methyl sites for hydroxylation is 1. The van der Waals surface area contributed by atoms with Crippen molar-refractivity contribution in [3.05, 3.63) is 45.1 Å².